The monoisotopic (exact) mass is 276 g/mol. The van der Waals surface area contributed by atoms with Gasteiger partial charge in [-0.25, -0.2) is 0 Å². The topological polar surface area (TPSA) is 38.5 Å². The smallest absolute Gasteiger partial charge is 0.0761 e. The number of morpholine rings is 1. The van der Waals surface area contributed by atoms with Crippen molar-refractivity contribution in [1.29, 1.82) is 0 Å². The molecule has 1 aliphatic rings. The van der Waals surface area contributed by atoms with Crippen LogP contribution in [-0.4, -0.2) is 35.7 Å². The number of aryl methyl sites for hydroxylation is 1. The fourth-order valence-corrected chi connectivity index (χ4v) is 3.35. The molecule has 1 heterocycles. The molecule has 0 bridgehead atoms. The Hall–Kier alpha value is -0.900. The quantitative estimate of drug-likeness (QED) is 0.922. The van der Waals surface area contributed by atoms with Crippen molar-refractivity contribution in [1.82, 2.24) is 4.90 Å². The minimum absolute atomic E-state index is 0.139. The maximum absolute atomic E-state index is 6.16. The molecule has 0 spiro atoms. The van der Waals surface area contributed by atoms with Gasteiger partial charge in [-0.15, -0.1) is 0 Å². The lowest BCUT2D eigenvalue weighted by atomic mass is 9.94. The average molecular weight is 276 g/mol. The normalized spacial score (nSPS) is 23.5. The average Bonchev–Trinajstić information content (AvgIpc) is 2.28. The zero-order valence-electron chi connectivity index (χ0n) is 13.4. The van der Waals surface area contributed by atoms with Crippen LogP contribution in [-0.2, 0) is 4.74 Å². The van der Waals surface area contributed by atoms with Crippen LogP contribution >= 0.6 is 0 Å². The molecular formula is C17H28N2O. The summed E-state index contributed by atoms with van der Waals surface area (Å²) >= 11 is 0. The SMILES string of the molecule is Cc1ccc(C(CN)N2CC(C)(C)OC(C)(C)C2)cc1. The highest BCUT2D eigenvalue weighted by molar-refractivity contribution is 5.24. The van der Waals surface area contributed by atoms with Crippen molar-refractivity contribution >= 4 is 0 Å². The van der Waals surface area contributed by atoms with E-state index in [1.54, 1.807) is 0 Å². The molecule has 112 valence electrons. The summed E-state index contributed by atoms with van der Waals surface area (Å²) < 4.78 is 6.16. The summed E-state index contributed by atoms with van der Waals surface area (Å²) in [4.78, 5) is 2.47. The van der Waals surface area contributed by atoms with Crippen LogP contribution < -0.4 is 5.73 Å². The van der Waals surface area contributed by atoms with Crippen molar-refractivity contribution in [2.24, 2.45) is 5.73 Å². The number of benzene rings is 1. The Labute approximate surface area is 123 Å². The summed E-state index contributed by atoms with van der Waals surface area (Å²) in [5, 5.41) is 0. The zero-order chi connectivity index (χ0) is 15.0. The van der Waals surface area contributed by atoms with Crippen molar-refractivity contribution in [3.8, 4) is 0 Å². The van der Waals surface area contributed by atoms with E-state index in [2.05, 4.69) is 63.8 Å². The molecule has 1 aromatic carbocycles. The van der Waals surface area contributed by atoms with Crippen LogP contribution in [0.25, 0.3) is 0 Å². The summed E-state index contributed by atoms with van der Waals surface area (Å²) in [6, 6.07) is 8.98. The highest BCUT2D eigenvalue weighted by Crippen LogP contribution is 2.33. The third kappa shape index (κ3) is 3.60. The lowest BCUT2D eigenvalue weighted by molar-refractivity contribution is -0.187. The number of rotatable bonds is 3. The lowest BCUT2D eigenvalue weighted by Gasteiger charge is -2.49. The molecule has 2 N–H and O–H groups in total. The predicted molar refractivity (Wildman–Crippen MR) is 83.8 cm³/mol. The molecule has 20 heavy (non-hydrogen) atoms. The van der Waals surface area contributed by atoms with E-state index >= 15 is 0 Å². The molecule has 1 fully saturated rings. The lowest BCUT2D eigenvalue weighted by Crippen LogP contribution is -2.58. The van der Waals surface area contributed by atoms with E-state index in [1.165, 1.54) is 11.1 Å². The summed E-state index contributed by atoms with van der Waals surface area (Å²) in [6.07, 6.45) is 0. The summed E-state index contributed by atoms with van der Waals surface area (Å²) in [5.41, 5.74) is 8.37. The van der Waals surface area contributed by atoms with E-state index in [0.29, 0.717) is 6.54 Å². The molecule has 0 aromatic heterocycles. The van der Waals surface area contributed by atoms with Gasteiger partial charge in [0.05, 0.1) is 11.2 Å². The molecular weight excluding hydrogens is 248 g/mol. The van der Waals surface area contributed by atoms with Crippen LogP contribution in [0.4, 0.5) is 0 Å². The van der Waals surface area contributed by atoms with Crippen LogP contribution in [0.15, 0.2) is 24.3 Å². The Kier molecular flexibility index (Phi) is 4.24. The van der Waals surface area contributed by atoms with Crippen LogP contribution in [0.2, 0.25) is 0 Å². The van der Waals surface area contributed by atoms with Gasteiger partial charge in [0.1, 0.15) is 0 Å². The van der Waals surface area contributed by atoms with E-state index in [1.807, 2.05) is 0 Å². The van der Waals surface area contributed by atoms with E-state index in [0.717, 1.165) is 13.1 Å². The van der Waals surface area contributed by atoms with Crippen LogP contribution in [0.3, 0.4) is 0 Å². The van der Waals surface area contributed by atoms with Gasteiger partial charge in [0.2, 0.25) is 0 Å². The van der Waals surface area contributed by atoms with E-state index in [-0.39, 0.29) is 17.2 Å². The van der Waals surface area contributed by atoms with Gasteiger partial charge in [0.25, 0.3) is 0 Å². The maximum Gasteiger partial charge on any atom is 0.0761 e. The first kappa shape index (κ1) is 15.5. The van der Waals surface area contributed by atoms with Crippen molar-refractivity contribution in [2.75, 3.05) is 19.6 Å². The summed E-state index contributed by atoms with van der Waals surface area (Å²) in [6.45, 7) is 13.2. The third-order valence-electron chi connectivity index (χ3n) is 3.85. The summed E-state index contributed by atoms with van der Waals surface area (Å²) in [5.74, 6) is 0. The molecule has 1 unspecified atom stereocenters. The Morgan fingerprint density at radius 2 is 1.60 bits per heavy atom. The van der Waals surface area contributed by atoms with Crippen molar-refractivity contribution in [3.05, 3.63) is 35.4 Å². The highest BCUT2D eigenvalue weighted by atomic mass is 16.5. The molecule has 1 atom stereocenters. The number of hydrogen-bond acceptors (Lipinski definition) is 3. The van der Waals surface area contributed by atoms with E-state index in [4.69, 9.17) is 10.5 Å². The van der Waals surface area contributed by atoms with Gasteiger partial charge in [0.15, 0.2) is 0 Å². The standard InChI is InChI=1S/C17H28N2O/c1-13-6-8-14(9-7-13)15(10-18)19-11-16(2,3)20-17(4,5)12-19/h6-9,15H,10-12,18H2,1-5H3. The molecule has 1 saturated heterocycles. The van der Waals surface area contributed by atoms with Crippen LogP contribution in [0.1, 0.15) is 44.9 Å². The Balaban J connectivity index is 2.24. The maximum atomic E-state index is 6.16. The van der Waals surface area contributed by atoms with Crippen LogP contribution in [0.5, 0.6) is 0 Å². The largest absolute Gasteiger partial charge is 0.367 e. The first-order valence-corrected chi connectivity index (χ1v) is 7.43. The summed E-state index contributed by atoms with van der Waals surface area (Å²) in [7, 11) is 0. The second kappa shape index (κ2) is 5.47. The third-order valence-corrected chi connectivity index (χ3v) is 3.85. The number of nitrogens with two attached hydrogens (primary N) is 1. The molecule has 1 aliphatic heterocycles. The van der Waals surface area contributed by atoms with Gasteiger partial charge in [-0.2, -0.15) is 0 Å². The Bertz CT molecular complexity index is 435. The fraction of sp³-hybridized carbons (Fsp3) is 0.647. The molecule has 0 saturated carbocycles. The van der Waals surface area contributed by atoms with Gasteiger partial charge >= 0.3 is 0 Å². The van der Waals surface area contributed by atoms with Gasteiger partial charge in [-0.1, -0.05) is 29.8 Å². The van der Waals surface area contributed by atoms with Gasteiger partial charge in [-0.05, 0) is 40.2 Å². The molecule has 0 radical (unpaired) electrons. The Morgan fingerprint density at radius 1 is 1.10 bits per heavy atom. The minimum Gasteiger partial charge on any atom is -0.367 e. The second-order valence-corrected chi connectivity index (χ2v) is 7.19. The van der Waals surface area contributed by atoms with E-state index in [9.17, 15) is 0 Å². The molecule has 0 amide bonds. The minimum atomic E-state index is -0.139. The molecule has 2 rings (SSSR count). The Morgan fingerprint density at radius 3 is 2.05 bits per heavy atom. The van der Waals surface area contributed by atoms with Gasteiger partial charge in [0, 0.05) is 25.7 Å². The number of nitrogens with zero attached hydrogens (tertiary/aromatic N) is 1. The molecule has 3 nitrogen and oxygen atoms in total. The van der Waals surface area contributed by atoms with Crippen LogP contribution in [0, 0.1) is 6.92 Å². The first-order valence-electron chi connectivity index (χ1n) is 7.43. The highest BCUT2D eigenvalue weighted by Gasteiger charge is 2.40. The van der Waals surface area contributed by atoms with Crippen molar-refractivity contribution in [3.63, 3.8) is 0 Å². The molecule has 0 aliphatic carbocycles. The second-order valence-electron chi connectivity index (χ2n) is 7.19. The fourth-order valence-electron chi connectivity index (χ4n) is 3.35. The van der Waals surface area contributed by atoms with Crippen molar-refractivity contribution in [2.45, 2.75) is 51.9 Å². The van der Waals surface area contributed by atoms with Gasteiger partial charge < -0.3 is 10.5 Å². The van der Waals surface area contributed by atoms with Gasteiger partial charge in [-0.3, -0.25) is 4.90 Å². The molecule has 3 heteroatoms. The number of hydrogen-bond donors (Lipinski definition) is 1. The van der Waals surface area contributed by atoms with E-state index < -0.39 is 0 Å². The molecule has 1 aromatic rings. The van der Waals surface area contributed by atoms with Crippen molar-refractivity contribution < 1.29 is 4.74 Å². The zero-order valence-corrected chi connectivity index (χ0v) is 13.4. The number of ether oxygens (including phenoxy) is 1. The first-order chi connectivity index (χ1) is 9.22. The predicted octanol–water partition coefficient (Wildman–Crippen LogP) is 2.88.